The maximum atomic E-state index is 12.5. The van der Waals surface area contributed by atoms with Gasteiger partial charge in [0.1, 0.15) is 0 Å². The number of carbonyl (C=O) groups excluding carboxylic acids is 1. The Morgan fingerprint density at radius 2 is 1.84 bits per heavy atom. The number of hydrogen-bond donors (Lipinski definition) is 1. The molecule has 0 bridgehead atoms. The first kappa shape index (κ1) is 14.2. The fraction of sp³-hybridized carbons (Fsp3) is 0.857. The van der Waals surface area contributed by atoms with Gasteiger partial charge >= 0.3 is 12.0 Å². The van der Waals surface area contributed by atoms with E-state index in [1.54, 1.807) is 4.90 Å². The second kappa shape index (κ2) is 5.80. The van der Waals surface area contributed by atoms with E-state index >= 15 is 0 Å². The zero-order chi connectivity index (χ0) is 14.0. The second-order valence-corrected chi connectivity index (χ2v) is 6.05. The molecule has 0 saturated carbocycles. The maximum absolute atomic E-state index is 12.5. The van der Waals surface area contributed by atoms with Crippen LogP contribution >= 0.6 is 0 Å². The monoisotopic (exact) mass is 268 g/mol. The molecule has 5 heteroatoms. The fourth-order valence-electron chi connectivity index (χ4n) is 3.26. The van der Waals surface area contributed by atoms with Crippen molar-refractivity contribution in [2.45, 2.75) is 45.6 Å². The molecule has 2 fully saturated rings. The highest BCUT2D eigenvalue weighted by Crippen LogP contribution is 2.26. The zero-order valence-corrected chi connectivity index (χ0v) is 11.8. The van der Waals surface area contributed by atoms with Crippen molar-refractivity contribution in [3.05, 3.63) is 0 Å². The molecular formula is C14H24N2O3. The summed E-state index contributed by atoms with van der Waals surface area (Å²) in [6.07, 6.45) is 3.61. The summed E-state index contributed by atoms with van der Waals surface area (Å²) in [4.78, 5) is 27.3. The van der Waals surface area contributed by atoms with Crippen molar-refractivity contribution in [2.75, 3.05) is 19.6 Å². The lowest BCUT2D eigenvalue weighted by molar-refractivity contribution is -0.143. The van der Waals surface area contributed by atoms with E-state index in [4.69, 9.17) is 5.11 Å². The van der Waals surface area contributed by atoms with Gasteiger partial charge in [0.05, 0.1) is 5.92 Å². The van der Waals surface area contributed by atoms with Crippen LogP contribution in [0, 0.1) is 11.8 Å². The number of nitrogens with zero attached hydrogens (tertiary/aromatic N) is 2. The van der Waals surface area contributed by atoms with Crippen LogP contribution in [0.4, 0.5) is 4.79 Å². The molecule has 0 aliphatic carbocycles. The SMILES string of the molecule is CC(C)C1CCCN1C(=O)N1CCCC(C(=O)O)C1. The van der Waals surface area contributed by atoms with Crippen LogP contribution in [0.3, 0.4) is 0 Å². The highest BCUT2D eigenvalue weighted by Gasteiger charge is 2.36. The molecule has 0 aromatic rings. The molecule has 0 aromatic heterocycles. The summed E-state index contributed by atoms with van der Waals surface area (Å²) in [5.74, 6) is -0.705. The predicted octanol–water partition coefficient (Wildman–Crippen LogP) is 2.02. The molecule has 2 atom stereocenters. The molecule has 2 aliphatic heterocycles. The molecule has 108 valence electrons. The van der Waals surface area contributed by atoms with Gasteiger partial charge in [-0.05, 0) is 31.6 Å². The average Bonchev–Trinajstić information content (AvgIpc) is 2.87. The fourth-order valence-corrected chi connectivity index (χ4v) is 3.26. The number of carboxylic acids is 1. The largest absolute Gasteiger partial charge is 0.481 e. The Labute approximate surface area is 114 Å². The topological polar surface area (TPSA) is 60.9 Å². The molecule has 2 amide bonds. The molecule has 0 aromatic carbocycles. The summed E-state index contributed by atoms with van der Waals surface area (Å²) in [6.45, 7) is 6.17. The second-order valence-electron chi connectivity index (χ2n) is 6.05. The number of amides is 2. The summed E-state index contributed by atoms with van der Waals surface area (Å²) in [7, 11) is 0. The molecule has 0 spiro atoms. The summed E-state index contributed by atoms with van der Waals surface area (Å²) in [6, 6.07) is 0.361. The molecule has 2 rings (SSSR count). The Kier molecular flexibility index (Phi) is 4.32. The Bertz CT molecular complexity index is 357. The minimum absolute atomic E-state index is 0.0437. The Balaban J connectivity index is 2.00. The van der Waals surface area contributed by atoms with Crippen LogP contribution in [-0.4, -0.2) is 52.6 Å². The highest BCUT2D eigenvalue weighted by atomic mass is 16.4. The number of carbonyl (C=O) groups is 2. The summed E-state index contributed by atoms with van der Waals surface area (Å²) < 4.78 is 0. The van der Waals surface area contributed by atoms with Crippen molar-refractivity contribution in [3.8, 4) is 0 Å². The first-order valence-corrected chi connectivity index (χ1v) is 7.29. The zero-order valence-electron chi connectivity index (χ0n) is 11.8. The average molecular weight is 268 g/mol. The van der Waals surface area contributed by atoms with Gasteiger partial charge in [-0.25, -0.2) is 4.79 Å². The van der Waals surface area contributed by atoms with Crippen LogP contribution in [0.25, 0.3) is 0 Å². The highest BCUT2D eigenvalue weighted by molar-refractivity contribution is 5.77. The van der Waals surface area contributed by atoms with E-state index in [1.807, 2.05) is 4.90 Å². The number of urea groups is 1. The minimum Gasteiger partial charge on any atom is -0.481 e. The van der Waals surface area contributed by atoms with Crippen molar-refractivity contribution in [2.24, 2.45) is 11.8 Å². The van der Waals surface area contributed by atoms with E-state index in [0.717, 1.165) is 25.8 Å². The van der Waals surface area contributed by atoms with E-state index in [9.17, 15) is 9.59 Å². The lowest BCUT2D eigenvalue weighted by Crippen LogP contribution is -2.51. The van der Waals surface area contributed by atoms with Gasteiger partial charge in [-0.1, -0.05) is 13.8 Å². The van der Waals surface area contributed by atoms with E-state index in [2.05, 4.69) is 13.8 Å². The quantitative estimate of drug-likeness (QED) is 0.833. The number of hydrogen-bond acceptors (Lipinski definition) is 2. The Morgan fingerprint density at radius 1 is 1.16 bits per heavy atom. The van der Waals surface area contributed by atoms with Crippen LogP contribution in [0.5, 0.6) is 0 Å². The van der Waals surface area contributed by atoms with Gasteiger partial charge in [0.15, 0.2) is 0 Å². The van der Waals surface area contributed by atoms with E-state index in [-0.39, 0.29) is 6.03 Å². The molecular weight excluding hydrogens is 244 g/mol. The van der Waals surface area contributed by atoms with Gasteiger partial charge in [-0.3, -0.25) is 4.79 Å². The third kappa shape index (κ3) is 3.01. The summed E-state index contributed by atoms with van der Waals surface area (Å²) in [5, 5.41) is 9.09. The van der Waals surface area contributed by atoms with Crippen LogP contribution in [0.1, 0.15) is 39.5 Å². The van der Waals surface area contributed by atoms with Gasteiger partial charge in [-0.2, -0.15) is 0 Å². The van der Waals surface area contributed by atoms with Crippen molar-refractivity contribution in [1.82, 2.24) is 9.80 Å². The van der Waals surface area contributed by atoms with Crippen molar-refractivity contribution in [3.63, 3.8) is 0 Å². The molecule has 5 nitrogen and oxygen atoms in total. The molecule has 1 N–H and O–H groups in total. The smallest absolute Gasteiger partial charge is 0.320 e. The first-order valence-electron chi connectivity index (χ1n) is 7.29. The molecule has 2 aliphatic rings. The number of carboxylic acid groups (broad SMARTS) is 1. The third-order valence-electron chi connectivity index (χ3n) is 4.36. The normalized spacial score (nSPS) is 27.9. The summed E-state index contributed by atoms with van der Waals surface area (Å²) >= 11 is 0. The number of rotatable bonds is 2. The molecule has 2 saturated heterocycles. The van der Waals surface area contributed by atoms with Gasteiger partial charge in [0.25, 0.3) is 0 Å². The molecule has 2 heterocycles. The van der Waals surface area contributed by atoms with Crippen molar-refractivity contribution < 1.29 is 14.7 Å². The van der Waals surface area contributed by atoms with E-state index in [0.29, 0.717) is 31.5 Å². The van der Waals surface area contributed by atoms with Crippen molar-refractivity contribution >= 4 is 12.0 Å². The van der Waals surface area contributed by atoms with Crippen LogP contribution in [0.15, 0.2) is 0 Å². The van der Waals surface area contributed by atoms with Gasteiger partial charge in [0.2, 0.25) is 0 Å². The summed E-state index contributed by atoms with van der Waals surface area (Å²) in [5.41, 5.74) is 0. The van der Waals surface area contributed by atoms with Gasteiger partial charge in [-0.15, -0.1) is 0 Å². The molecule has 19 heavy (non-hydrogen) atoms. The third-order valence-corrected chi connectivity index (χ3v) is 4.36. The van der Waals surface area contributed by atoms with Crippen LogP contribution in [0.2, 0.25) is 0 Å². The lowest BCUT2D eigenvalue weighted by atomic mass is 9.98. The van der Waals surface area contributed by atoms with Gasteiger partial charge in [0, 0.05) is 25.7 Å². The standard InChI is InChI=1S/C14H24N2O3/c1-10(2)12-6-4-8-16(12)14(19)15-7-3-5-11(9-15)13(17)18/h10-12H,3-9H2,1-2H3,(H,17,18). The van der Waals surface area contributed by atoms with E-state index in [1.165, 1.54) is 0 Å². The Hall–Kier alpha value is -1.26. The first-order chi connectivity index (χ1) is 9.00. The number of aliphatic carboxylic acids is 1. The minimum atomic E-state index is -0.778. The van der Waals surface area contributed by atoms with Gasteiger partial charge < -0.3 is 14.9 Å². The maximum Gasteiger partial charge on any atom is 0.320 e. The van der Waals surface area contributed by atoms with Crippen LogP contribution in [-0.2, 0) is 4.79 Å². The Morgan fingerprint density at radius 3 is 2.47 bits per heavy atom. The number of likely N-dealkylation sites (tertiary alicyclic amines) is 2. The number of piperidine rings is 1. The lowest BCUT2D eigenvalue weighted by Gasteiger charge is -2.37. The molecule has 2 unspecified atom stereocenters. The van der Waals surface area contributed by atoms with E-state index < -0.39 is 11.9 Å². The van der Waals surface area contributed by atoms with Crippen molar-refractivity contribution in [1.29, 1.82) is 0 Å². The molecule has 0 radical (unpaired) electrons. The van der Waals surface area contributed by atoms with Crippen LogP contribution < -0.4 is 0 Å². The predicted molar refractivity (Wildman–Crippen MR) is 71.9 cm³/mol.